The Morgan fingerprint density at radius 3 is 2.68 bits per heavy atom. The van der Waals surface area contributed by atoms with Gasteiger partial charge in [0.25, 0.3) is 5.91 Å². The number of pyridine rings is 1. The Balaban J connectivity index is 1.51. The molecular weight excluding hydrogens is 353 g/mol. The molecule has 0 atom stereocenters. The smallest absolute Gasteiger partial charge is 0.255 e. The van der Waals surface area contributed by atoms with Gasteiger partial charge in [0, 0.05) is 54.1 Å². The Labute approximate surface area is 161 Å². The number of fused-ring (bicyclic) bond motifs is 3. The summed E-state index contributed by atoms with van der Waals surface area (Å²) in [4.78, 5) is 22.2. The molecule has 28 heavy (non-hydrogen) atoms. The fraction of sp³-hybridized carbons (Fsp3) is 0.130. The normalized spacial score (nSPS) is 13.5. The lowest BCUT2D eigenvalue weighted by Crippen LogP contribution is -2.35. The number of aromatic amines is 1. The van der Waals surface area contributed by atoms with Crippen molar-refractivity contribution in [3.8, 4) is 11.1 Å². The number of nitrogens with one attached hydrogen (secondary N) is 1. The Bertz CT molecular complexity index is 1170. The van der Waals surface area contributed by atoms with Gasteiger partial charge in [-0.1, -0.05) is 18.2 Å². The van der Waals surface area contributed by atoms with Crippen molar-refractivity contribution in [2.45, 2.75) is 13.0 Å². The molecule has 0 saturated carbocycles. The molecule has 3 heterocycles. The lowest BCUT2D eigenvalue weighted by Gasteiger charge is -2.27. The molecule has 0 unspecified atom stereocenters. The van der Waals surface area contributed by atoms with Crippen molar-refractivity contribution in [1.29, 1.82) is 0 Å². The molecular formula is C23H18FN3O. The first-order valence-corrected chi connectivity index (χ1v) is 9.28. The van der Waals surface area contributed by atoms with Crippen molar-refractivity contribution in [2.24, 2.45) is 0 Å². The Morgan fingerprint density at radius 2 is 1.89 bits per heavy atom. The molecule has 0 fully saturated rings. The summed E-state index contributed by atoms with van der Waals surface area (Å²) in [7, 11) is 0. The molecule has 0 saturated heterocycles. The van der Waals surface area contributed by atoms with E-state index in [4.69, 9.17) is 0 Å². The van der Waals surface area contributed by atoms with E-state index in [1.54, 1.807) is 36.7 Å². The van der Waals surface area contributed by atoms with Crippen molar-refractivity contribution in [2.75, 3.05) is 6.54 Å². The fourth-order valence-corrected chi connectivity index (χ4v) is 3.88. The second-order valence-electron chi connectivity index (χ2n) is 7.07. The number of H-pyrrole nitrogens is 1. The molecule has 0 bridgehead atoms. The molecule has 1 amide bonds. The van der Waals surface area contributed by atoms with Crippen LogP contribution in [-0.4, -0.2) is 27.3 Å². The number of rotatable bonds is 2. The van der Waals surface area contributed by atoms with Gasteiger partial charge < -0.3 is 9.88 Å². The van der Waals surface area contributed by atoms with E-state index >= 15 is 0 Å². The number of nitrogens with zero attached hydrogens (tertiary/aromatic N) is 2. The zero-order valence-electron chi connectivity index (χ0n) is 15.2. The Morgan fingerprint density at radius 1 is 1.07 bits per heavy atom. The lowest BCUT2D eigenvalue weighted by molar-refractivity contribution is 0.0734. The number of aromatic nitrogens is 2. The molecule has 1 aliphatic rings. The van der Waals surface area contributed by atoms with Gasteiger partial charge in [-0.15, -0.1) is 0 Å². The van der Waals surface area contributed by atoms with E-state index in [0.29, 0.717) is 18.7 Å². The van der Waals surface area contributed by atoms with Gasteiger partial charge in [-0.2, -0.15) is 0 Å². The summed E-state index contributed by atoms with van der Waals surface area (Å²) in [6.45, 7) is 1.24. The molecule has 0 spiro atoms. The third-order valence-electron chi connectivity index (χ3n) is 5.35. The van der Waals surface area contributed by atoms with Gasteiger partial charge in [-0.25, -0.2) is 4.39 Å². The van der Waals surface area contributed by atoms with Gasteiger partial charge in [0.2, 0.25) is 0 Å². The Kier molecular flexibility index (Phi) is 3.93. The lowest BCUT2D eigenvalue weighted by atomic mass is 9.99. The predicted molar refractivity (Wildman–Crippen MR) is 106 cm³/mol. The second-order valence-corrected chi connectivity index (χ2v) is 7.07. The van der Waals surface area contributed by atoms with Crippen molar-refractivity contribution in [3.05, 3.63) is 89.6 Å². The molecule has 2 aromatic heterocycles. The van der Waals surface area contributed by atoms with Crippen molar-refractivity contribution >= 4 is 16.8 Å². The highest BCUT2D eigenvalue weighted by atomic mass is 19.1. The maximum atomic E-state index is 13.2. The van der Waals surface area contributed by atoms with E-state index in [0.717, 1.165) is 34.0 Å². The number of hydrogen-bond acceptors (Lipinski definition) is 2. The maximum absolute atomic E-state index is 13.2. The standard InChI is InChI=1S/C23H18FN3O/c24-18-6-3-15(4-7-18)16-5-8-21-19(12-16)20-14-27(11-9-22(20)26-21)23(28)17-2-1-10-25-13-17/h1-8,10,12-13,26H,9,11,14H2. The molecule has 138 valence electrons. The number of carbonyl (C=O) groups excluding carboxylic acids is 1. The van der Waals surface area contributed by atoms with Gasteiger partial charge in [-0.3, -0.25) is 9.78 Å². The molecule has 0 radical (unpaired) electrons. The molecule has 4 nitrogen and oxygen atoms in total. The van der Waals surface area contributed by atoms with Crippen LogP contribution in [0.15, 0.2) is 67.0 Å². The number of amides is 1. The summed E-state index contributed by atoms with van der Waals surface area (Å²) in [5.41, 5.74) is 6.01. The minimum Gasteiger partial charge on any atom is -0.358 e. The molecule has 1 N–H and O–H groups in total. The van der Waals surface area contributed by atoms with Crippen LogP contribution in [0.4, 0.5) is 4.39 Å². The Hall–Kier alpha value is -3.47. The predicted octanol–water partition coefficient (Wildman–Crippen LogP) is 4.57. The average Bonchev–Trinajstić information content (AvgIpc) is 3.11. The molecule has 4 aromatic rings. The summed E-state index contributed by atoms with van der Waals surface area (Å²) >= 11 is 0. The van der Waals surface area contributed by atoms with E-state index < -0.39 is 0 Å². The summed E-state index contributed by atoms with van der Waals surface area (Å²) in [5.74, 6) is -0.240. The van der Waals surface area contributed by atoms with Gasteiger partial charge in [-0.05, 0) is 47.5 Å². The van der Waals surface area contributed by atoms with Crippen LogP contribution in [0.1, 0.15) is 21.6 Å². The SMILES string of the molecule is O=C(c1cccnc1)N1CCc2[nH]c3ccc(-c4ccc(F)cc4)cc3c2C1. The largest absolute Gasteiger partial charge is 0.358 e. The van der Waals surface area contributed by atoms with Crippen LogP contribution in [0.25, 0.3) is 22.0 Å². The molecule has 0 aliphatic carbocycles. The maximum Gasteiger partial charge on any atom is 0.255 e. The molecule has 5 heteroatoms. The van der Waals surface area contributed by atoms with Crippen LogP contribution in [0.2, 0.25) is 0 Å². The third-order valence-corrected chi connectivity index (χ3v) is 5.35. The average molecular weight is 371 g/mol. The van der Waals surface area contributed by atoms with E-state index in [-0.39, 0.29) is 11.7 Å². The summed E-state index contributed by atoms with van der Waals surface area (Å²) in [5, 5.41) is 1.11. The van der Waals surface area contributed by atoms with Crippen LogP contribution < -0.4 is 0 Å². The number of hydrogen-bond donors (Lipinski definition) is 1. The van der Waals surface area contributed by atoms with Crippen LogP contribution in [0.3, 0.4) is 0 Å². The van der Waals surface area contributed by atoms with Crippen LogP contribution >= 0.6 is 0 Å². The number of halogens is 1. The van der Waals surface area contributed by atoms with Gasteiger partial charge in [0.05, 0.1) is 5.56 Å². The van der Waals surface area contributed by atoms with Crippen LogP contribution in [-0.2, 0) is 13.0 Å². The summed E-state index contributed by atoms with van der Waals surface area (Å²) in [6, 6.07) is 16.3. The van der Waals surface area contributed by atoms with E-state index in [1.165, 1.54) is 17.8 Å². The first kappa shape index (κ1) is 16.7. The minimum absolute atomic E-state index is 0.00258. The van der Waals surface area contributed by atoms with Crippen molar-refractivity contribution in [1.82, 2.24) is 14.9 Å². The van der Waals surface area contributed by atoms with Crippen LogP contribution in [0, 0.1) is 5.82 Å². The van der Waals surface area contributed by atoms with Crippen molar-refractivity contribution < 1.29 is 9.18 Å². The number of benzene rings is 2. The molecule has 2 aromatic carbocycles. The summed E-state index contributed by atoms with van der Waals surface area (Å²) < 4.78 is 13.2. The van der Waals surface area contributed by atoms with Gasteiger partial charge in [0.1, 0.15) is 5.82 Å². The second kappa shape index (κ2) is 6.60. The highest BCUT2D eigenvalue weighted by Gasteiger charge is 2.25. The van der Waals surface area contributed by atoms with Gasteiger partial charge in [0.15, 0.2) is 0 Å². The van der Waals surface area contributed by atoms with Gasteiger partial charge >= 0.3 is 0 Å². The third kappa shape index (κ3) is 2.85. The highest BCUT2D eigenvalue weighted by Crippen LogP contribution is 2.32. The van der Waals surface area contributed by atoms with E-state index in [9.17, 15) is 9.18 Å². The minimum atomic E-state index is -0.242. The summed E-state index contributed by atoms with van der Waals surface area (Å²) in [6.07, 6.45) is 4.07. The topological polar surface area (TPSA) is 49.0 Å². The van der Waals surface area contributed by atoms with E-state index in [2.05, 4.69) is 22.1 Å². The fourth-order valence-electron chi connectivity index (χ4n) is 3.88. The zero-order chi connectivity index (χ0) is 19.1. The van der Waals surface area contributed by atoms with Crippen molar-refractivity contribution in [3.63, 3.8) is 0 Å². The molecule has 1 aliphatic heterocycles. The number of carbonyl (C=O) groups is 1. The zero-order valence-corrected chi connectivity index (χ0v) is 15.2. The first-order chi connectivity index (χ1) is 13.7. The van der Waals surface area contributed by atoms with E-state index in [1.807, 2.05) is 11.0 Å². The first-order valence-electron chi connectivity index (χ1n) is 9.28. The monoisotopic (exact) mass is 371 g/mol. The quantitative estimate of drug-likeness (QED) is 0.561. The van der Waals surface area contributed by atoms with Crippen LogP contribution in [0.5, 0.6) is 0 Å². The molecule has 5 rings (SSSR count). The highest BCUT2D eigenvalue weighted by molar-refractivity contribution is 5.95.